The molecule has 2 rings (SSSR count). The van der Waals surface area contributed by atoms with Gasteiger partial charge >= 0.3 is 29.6 Å². The molecule has 0 saturated carbocycles. The van der Waals surface area contributed by atoms with Crippen molar-refractivity contribution in [3.63, 3.8) is 0 Å². The van der Waals surface area contributed by atoms with Gasteiger partial charge in [0.25, 0.3) is 10.1 Å². The van der Waals surface area contributed by atoms with Gasteiger partial charge in [0.15, 0.2) is 5.44 Å². The quantitative estimate of drug-likeness (QED) is 0.594. The van der Waals surface area contributed by atoms with Crippen molar-refractivity contribution in [1.29, 1.82) is 0 Å². The smallest absolute Gasteiger partial charge is 1.00 e. The molecule has 22 heavy (non-hydrogen) atoms. The van der Waals surface area contributed by atoms with E-state index in [1.165, 1.54) is 0 Å². The molecule has 2 aromatic rings. The van der Waals surface area contributed by atoms with Crippen LogP contribution >= 0.6 is 0 Å². The summed E-state index contributed by atoms with van der Waals surface area (Å²) >= 11 is 0. The van der Waals surface area contributed by atoms with Crippen LogP contribution in [0, 0.1) is 6.92 Å². The van der Waals surface area contributed by atoms with Gasteiger partial charge in [-0.25, -0.2) is 0 Å². The number of aliphatic hydroxyl groups is 1. The summed E-state index contributed by atoms with van der Waals surface area (Å²) in [5.41, 5.74) is 2.52. The zero-order valence-electron chi connectivity index (χ0n) is 13.7. The number of hydrogen-bond acceptors (Lipinski definition) is 3. The van der Waals surface area contributed by atoms with Gasteiger partial charge in [0.2, 0.25) is 0 Å². The first-order chi connectivity index (χ1) is 9.88. The molecule has 6 heteroatoms. The molecule has 0 bridgehead atoms. The topological polar surface area (TPSA) is 74.6 Å². The molecule has 0 spiro atoms. The average Bonchev–Trinajstić information content (AvgIpc) is 2.44. The van der Waals surface area contributed by atoms with Gasteiger partial charge in [-0.05, 0) is 42.0 Å². The maximum atomic E-state index is 10.8. The Balaban J connectivity index is 0.00000242. The molecule has 0 aromatic heterocycles. The van der Waals surface area contributed by atoms with E-state index in [0.29, 0.717) is 6.42 Å². The van der Waals surface area contributed by atoms with Crippen LogP contribution in [-0.2, 0) is 16.5 Å². The van der Waals surface area contributed by atoms with Crippen LogP contribution in [0.2, 0.25) is 0 Å². The molecule has 2 aromatic carbocycles. The van der Waals surface area contributed by atoms with Gasteiger partial charge in [0.05, 0.1) is 0 Å². The first-order valence-corrected chi connectivity index (χ1v) is 8.17. The molecule has 0 heterocycles. The van der Waals surface area contributed by atoms with Crippen LogP contribution in [0.5, 0.6) is 0 Å². The van der Waals surface area contributed by atoms with Crippen LogP contribution < -0.4 is 29.6 Å². The summed E-state index contributed by atoms with van der Waals surface area (Å²) < 4.78 is 30.3. The predicted molar refractivity (Wildman–Crippen MR) is 83.6 cm³/mol. The predicted octanol–water partition coefficient (Wildman–Crippen LogP) is -0.0827. The van der Waals surface area contributed by atoms with Crippen molar-refractivity contribution in [2.45, 2.75) is 25.2 Å². The van der Waals surface area contributed by atoms with Gasteiger partial charge in [-0.15, -0.1) is 0 Å². The minimum atomic E-state index is -4.38. The number of rotatable bonds is 5. The SMILES string of the molecule is Cc1cc(CCC(O)S(=O)(=O)O)ccc1-c1ccccc1.[H-].[Na+]. The molecule has 4 nitrogen and oxygen atoms in total. The summed E-state index contributed by atoms with van der Waals surface area (Å²) in [4.78, 5) is 0. The fraction of sp³-hybridized carbons (Fsp3) is 0.250. The molecule has 0 fully saturated rings. The summed E-state index contributed by atoms with van der Waals surface area (Å²) in [5, 5.41) is 9.31. The van der Waals surface area contributed by atoms with Gasteiger partial charge in [-0.3, -0.25) is 4.55 Å². The third-order valence-corrected chi connectivity index (χ3v) is 4.32. The van der Waals surface area contributed by atoms with Crippen molar-refractivity contribution in [1.82, 2.24) is 0 Å². The average molecular weight is 330 g/mol. The van der Waals surface area contributed by atoms with Crippen molar-refractivity contribution >= 4 is 10.1 Å². The Morgan fingerprint density at radius 2 is 1.77 bits per heavy atom. The van der Waals surface area contributed by atoms with Crippen LogP contribution in [0.25, 0.3) is 11.1 Å². The zero-order valence-corrected chi connectivity index (χ0v) is 15.5. The first-order valence-electron chi connectivity index (χ1n) is 6.67. The van der Waals surface area contributed by atoms with Crippen LogP contribution in [0.3, 0.4) is 0 Å². The number of benzene rings is 2. The Morgan fingerprint density at radius 1 is 1.14 bits per heavy atom. The second-order valence-electron chi connectivity index (χ2n) is 5.02. The summed E-state index contributed by atoms with van der Waals surface area (Å²) in [7, 11) is -4.38. The largest absolute Gasteiger partial charge is 1.00 e. The van der Waals surface area contributed by atoms with Crippen LogP contribution in [0.1, 0.15) is 19.0 Å². The fourth-order valence-electron chi connectivity index (χ4n) is 2.26. The molecular formula is C16H19NaO4S. The molecule has 0 amide bonds. The Morgan fingerprint density at radius 3 is 2.32 bits per heavy atom. The van der Waals surface area contributed by atoms with Gasteiger partial charge in [-0.2, -0.15) is 8.42 Å². The molecule has 0 saturated heterocycles. The van der Waals surface area contributed by atoms with Crippen LogP contribution in [0.15, 0.2) is 48.5 Å². The minimum absolute atomic E-state index is 0. The monoisotopic (exact) mass is 330 g/mol. The Hall–Kier alpha value is -0.690. The molecule has 1 unspecified atom stereocenters. The van der Waals surface area contributed by atoms with Crippen molar-refractivity contribution < 1.29 is 49.1 Å². The van der Waals surface area contributed by atoms with Gasteiger partial charge < -0.3 is 6.53 Å². The van der Waals surface area contributed by atoms with E-state index in [-0.39, 0.29) is 37.4 Å². The zero-order chi connectivity index (χ0) is 15.5. The molecule has 114 valence electrons. The maximum Gasteiger partial charge on any atom is 1.00 e. The second kappa shape index (κ2) is 8.24. The molecule has 2 N–H and O–H groups in total. The van der Waals surface area contributed by atoms with E-state index in [4.69, 9.17) is 4.55 Å². The maximum absolute atomic E-state index is 10.8. The van der Waals surface area contributed by atoms with E-state index in [9.17, 15) is 13.5 Å². The van der Waals surface area contributed by atoms with Gasteiger partial charge in [-0.1, -0.05) is 48.5 Å². The Labute approximate surface area is 154 Å². The van der Waals surface area contributed by atoms with E-state index in [1.54, 1.807) is 0 Å². The van der Waals surface area contributed by atoms with Crippen LogP contribution in [-0.4, -0.2) is 23.5 Å². The third-order valence-electron chi connectivity index (χ3n) is 3.40. The summed E-state index contributed by atoms with van der Waals surface area (Å²) in [5.74, 6) is 0. The Kier molecular flexibility index (Phi) is 7.25. The molecule has 1 atom stereocenters. The number of aryl methyl sites for hydroxylation is 2. The second-order valence-corrected chi connectivity index (χ2v) is 6.60. The molecule has 0 aliphatic rings. The van der Waals surface area contributed by atoms with Crippen molar-refractivity contribution in [2.24, 2.45) is 0 Å². The summed E-state index contributed by atoms with van der Waals surface area (Å²) in [6.45, 7) is 1.99. The van der Waals surface area contributed by atoms with Crippen molar-refractivity contribution in [3.8, 4) is 11.1 Å². The molecule has 0 aliphatic heterocycles. The Bertz CT molecular complexity index is 720. The summed E-state index contributed by atoms with van der Waals surface area (Å²) in [6.07, 6.45) is 0.361. The van der Waals surface area contributed by atoms with E-state index in [2.05, 4.69) is 0 Å². The third kappa shape index (κ3) is 5.19. The van der Waals surface area contributed by atoms with Gasteiger partial charge in [0, 0.05) is 0 Å². The summed E-state index contributed by atoms with van der Waals surface area (Å²) in [6, 6.07) is 15.8. The first kappa shape index (κ1) is 19.4. The fourth-order valence-corrected chi connectivity index (χ4v) is 2.68. The number of aliphatic hydroxyl groups excluding tert-OH is 1. The van der Waals surface area contributed by atoms with E-state index in [0.717, 1.165) is 22.3 Å². The normalized spacial score (nSPS) is 12.5. The van der Waals surface area contributed by atoms with E-state index in [1.807, 2.05) is 55.5 Å². The standard InChI is InChI=1S/C16H18O4S.Na.H/c1-12-11-13(8-10-16(17)21(18,19)20)7-9-15(12)14-5-3-2-4-6-14;;/h2-7,9,11,16-17H,8,10H2,1H3,(H,18,19,20);;/q;+1;-1. The van der Waals surface area contributed by atoms with Crippen molar-refractivity contribution in [3.05, 3.63) is 59.7 Å². The molecule has 0 radical (unpaired) electrons. The minimum Gasteiger partial charge on any atom is -1.00 e. The molecular weight excluding hydrogens is 311 g/mol. The number of hydrogen-bond donors (Lipinski definition) is 2. The van der Waals surface area contributed by atoms with Gasteiger partial charge in [0.1, 0.15) is 0 Å². The van der Waals surface area contributed by atoms with E-state index < -0.39 is 15.6 Å². The van der Waals surface area contributed by atoms with E-state index >= 15 is 0 Å². The van der Waals surface area contributed by atoms with Crippen molar-refractivity contribution in [2.75, 3.05) is 0 Å². The van der Waals surface area contributed by atoms with Crippen LogP contribution in [0.4, 0.5) is 0 Å². The molecule has 0 aliphatic carbocycles.